The van der Waals surface area contributed by atoms with Gasteiger partial charge in [0, 0.05) is 32.9 Å². The zero-order valence-electron chi connectivity index (χ0n) is 26.7. The van der Waals surface area contributed by atoms with Crippen molar-refractivity contribution in [2.75, 3.05) is 0 Å². The van der Waals surface area contributed by atoms with Crippen LogP contribution in [-0.2, 0) is 5.41 Å². The van der Waals surface area contributed by atoms with Crippen LogP contribution in [-0.4, -0.2) is 9.97 Å². The van der Waals surface area contributed by atoms with E-state index < -0.39 is 0 Å². The first kappa shape index (κ1) is 27.1. The van der Waals surface area contributed by atoms with Gasteiger partial charge in [-0.3, -0.25) is 0 Å². The Bertz CT molecular complexity index is 2750. The predicted octanol–water partition coefficient (Wildman–Crippen LogP) is 12.0. The SMILES string of the molecule is CC1(C)c2cc3ccccc3cc2-c2c(-c3cc(-c4ccc5c(c4)oc4ccc6ccccc6c45)nc(-c4ccccc4)n3)cccc21. The van der Waals surface area contributed by atoms with Crippen molar-refractivity contribution in [2.45, 2.75) is 19.3 Å². The third-order valence-electron chi connectivity index (χ3n) is 10.3. The number of nitrogens with zero attached hydrogens (tertiary/aromatic N) is 2. The zero-order chi connectivity index (χ0) is 32.0. The smallest absolute Gasteiger partial charge is 0.160 e. The van der Waals surface area contributed by atoms with Crippen LogP contribution in [0.4, 0.5) is 0 Å². The number of rotatable bonds is 3. The molecule has 0 N–H and O–H groups in total. The number of hydrogen-bond donors (Lipinski definition) is 0. The average molecular weight is 615 g/mol. The molecule has 0 saturated heterocycles. The second-order valence-corrected chi connectivity index (χ2v) is 13.4. The molecule has 1 aliphatic carbocycles. The van der Waals surface area contributed by atoms with Crippen LogP contribution in [0.1, 0.15) is 25.0 Å². The van der Waals surface area contributed by atoms with Crippen LogP contribution in [0, 0.1) is 0 Å². The van der Waals surface area contributed by atoms with E-state index in [1.807, 2.05) is 18.2 Å². The van der Waals surface area contributed by atoms with E-state index in [2.05, 4.69) is 141 Å². The van der Waals surface area contributed by atoms with E-state index in [9.17, 15) is 0 Å². The lowest BCUT2D eigenvalue weighted by Crippen LogP contribution is -2.14. The van der Waals surface area contributed by atoms with Crippen LogP contribution in [0.3, 0.4) is 0 Å². The molecule has 9 aromatic rings. The molecule has 1 aliphatic rings. The molecule has 0 bridgehead atoms. The molecule has 0 radical (unpaired) electrons. The summed E-state index contributed by atoms with van der Waals surface area (Å²) in [6.45, 7) is 4.67. The Hall–Kier alpha value is -6.06. The standard InChI is InChI=1S/C45H30N2O/c1-45(2)36-18-10-17-33(42(36)35-23-29-14-6-7-15-30(29)24-37(35)45)39-26-38(46-44(47-39)28-12-4-3-5-13-28)31-19-21-34-41(25-31)48-40-22-20-27-11-8-9-16-32(27)43(34)40/h3-26H,1-2H3. The summed E-state index contributed by atoms with van der Waals surface area (Å²) in [5.41, 5.74) is 11.7. The van der Waals surface area contributed by atoms with E-state index in [1.165, 1.54) is 43.8 Å². The Morgan fingerprint density at radius 3 is 2.08 bits per heavy atom. The van der Waals surface area contributed by atoms with Crippen LogP contribution in [0.15, 0.2) is 150 Å². The maximum absolute atomic E-state index is 6.47. The highest BCUT2D eigenvalue weighted by Crippen LogP contribution is 2.53. The Kier molecular flexibility index (Phi) is 5.63. The first-order chi connectivity index (χ1) is 23.5. The third-order valence-corrected chi connectivity index (χ3v) is 10.3. The Morgan fingerprint density at radius 1 is 0.479 bits per heavy atom. The second kappa shape index (κ2) is 9.97. The molecule has 0 unspecified atom stereocenters. The van der Waals surface area contributed by atoms with Gasteiger partial charge in [0.1, 0.15) is 11.2 Å². The summed E-state index contributed by atoms with van der Waals surface area (Å²) in [6.07, 6.45) is 0. The van der Waals surface area contributed by atoms with E-state index >= 15 is 0 Å². The Balaban J connectivity index is 1.20. The van der Waals surface area contributed by atoms with Gasteiger partial charge in [-0.2, -0.15) is 0 Å². The summed E-state index contributed by atoms with van der Waals surface area (Å²) in [4.78, 5) is 10.4. The lowest BCUT2D eigenvalue weighted by molar-refractivity contribution is 0.661. The largest absolute Gasteiger partial charge is 0.456 e. The summed E-state index contributed by atoms with van der Waals surface area (Å²) >= 11 is 0. The molecule has 2 aromatic heterocycles. The predicted molar refractivity (Wildman–Crippen MR) is 198 cm³/mol. The van der Waals surface area contributed by atoms with Gasteiger partial charge < -0.3 is 4.42 Å². The molecule has 7 aromatic carbocycles. The van der Waals surface area contributed by atoms with Crippen molar-refractivity contribution in [1.29, 1.82) is 0 Å². The quantitative estimate of drug-likeness (QED) is 0.199. The van der Waals surface area contributed by atoms with Gasteiger partial charge in [0.25, 0.3) is 0 Å². The minimum absolute atomic E-state index is 0.140. The summed E-state index contributed by atoms with van der Waals surface area (Å²) in [7, 11) is 0. The van der Waals surface area contributed by atoms with E-state index in [0.717, 1.165) is 50.0 Å². The first-order valence-corrected chi connectivity index (χ1v) is 16.5. The van der Waals surface area contributed by atoms with Crippen molar-refractivity contribution in [3.8, 4) is 45.0 Å². The molecule has 0 spiro atoms. The molecule has 0 amide bonds. The van der Waals surface area contributed by atoms with Crippen molar-refractivity contribution in [2.24, 2.45) is 0 Å². The fourth-order valence-corrected chi connectivity index (χ4v) is 7.84. The first-order valence-electron chi connectivity index (χ1n) is 16.5. The Morgan fingerprint density at radius 2 is 1.23 bits per heavy atom. The number of hydrogen-bond acceptors (Lipinski definition) is 3. The van der Waals surface area contributed by atoms with Crippen molar-refractivity contribution in [1.82, 2.24) is 9.97 Å². The van der Waals surface area contributed by atoms with Crippen LogP contribution >= 0.6 is 0 Å². The van der Waals surface area contributed by atoms with Crippen LogP contribution in [0.25, 0.3) is 88.5 Å². The molecule has 3 nitrogen and oxygen atoms in total. The van der Waals surface area contributed by atoms with Gasteiger partial charge in [-0.05, 0) is 80.2 Å². The maximum atomic E-state index is 6.47. The van der Waals surface area contributed by atoms with Crippen LogP contribution in [0.5, 0.6) is 0 Å². The highest BCUT2D eigenvalue weighted by molar-refractivity contribution is 6.19. The average Bonchev–Trinajstić information content (AvgIpc) is 3.62. The van der Waals surface area contributed by atoms with E-state index in [4.69, 9.17) is 14.4 Å². The lowest BCUT2D eigenvalue weighted by Gasteiger charge is -2.22. The molecular weight excluding hydrogens is 585 g/mol. The summed E-state index contributed by atoms with van der Waals surface area (Å²) in [6, 6.07) is 51.6. The van der Waals surface area contributed by atoms with E-state index in [0.29, 0.717) is 5.82 Å². The van der Waals surface area contributed by atoms with Crippen molar-refractivity contribution in [3.05, 3.63) is 157 Å². The van der Waals surface area contributed by atoms with Crippen LogP contribution in [0.2, 0.25) is 0 Å². The minimum Gasteiger partial charge on any atom is -0.456 e. The fraction of sp³-hybridized carbons (Fsp3) is 0.0667. The highest BCUT2D eigenvalue weighted by Gasteiger charge is 2.37. The fourth-order valence-electron chi connectivity index (χ4n) is 7.84. The third kappa shape index (κ3) is 3.94. The summed E-state index contributed by atoms with van der Waals surface area (Å²) in [5.74, 6) is 0.701. The normalized spacial score (nSPS) is 13.4. The molecule has 226 valence electrons. The molecule has 48 heavy (non-hydrogen) atoms. The van der Waals surface area contributed by atoms with Gasteiger partial charge in [-0.1, -0.05) is 123 Å². The molecule has 0 atom stereocenters. The van der Waals surface area contributed by atoms with Crippen molar-refractivity contribution < 1.29 is 4.42 Å². The molecule has 0 aliphatic heterocycles. The highest BCUT2D eigenvalue weighted by atomic mass is 16.3. The van der Waals surface area contributed by atoms with Gasteiger partial charge in [0.2, 0.25) is 0 Å². The number of aromatic nitrogens is 2. The lowest BCUT2D eigenvalue weighted by atomic mass is 9.81. The number of furan rings is 1. The molecule has 0 fully saturated rings. The molecule has 0 saturated carbocycles. The van der Waals surface area contributed by atoms with Gasteiger partial charge >= 0.3 is 0 Å². The molecule has 2 heterocycles. The second-order valence-electron chi connectivity index (χ2n) is 13.4. The van der Waals surface area contributed by atoms with Gasteiger partial charge in [0.15, 0.2) is 5.82 Å². The van der Waals surface area contributed by atoms with E-state index in [1.54, 1.807) is 0 Å². The zero-order valence-corrected chi connectivity index (χ0v) is 26.7. The van der Waals surface area contributed by atoms with Crippen LogP contribution < -0.4 is 0 Å². The monoisotopic (exact) mass is 614 g/mol. The van der Waals surface area contributed by atoms with E-state index in [-0.39, 0.29) is 5.41 Å². The molecular formula is C45H30N2O. The Labute approximate surface area is 278 Å². The van der Waals surface area contributed by atoms with Gasteiger partial charge in [-0.15, -0.1) is 0 Å². The number of fused-ring (bicyclic) bond motifs is 9. The van der Waals surface area contributed by atoms with Crippen molar-refractivity contribution >= 4 is 43.5 Å². The summed E-state index contributed by atoms with van der Waals surface area (Å²) < 4.78 is 6.47. The van der Waals surface area contributed by atoms with Gasteiger partial charge in [-0.25, -0.2) is 9.97 Å². The maximum Gasteiger partial charge on any atom is 0.160 e. The minimum atomic E-state index is -0.140. The summed E-state index contributed by atoms with van der Waals surface area (Å²) in [5, 5.41) is 7.17. The molecule has 10 rings (SSSR count). The van der Waals surface area contributed by atoms with Crippen molar-refractivity contribution in [3.63, 3.8) is 0 Å². The molecule has 3 heteroatoms. The van der Waals surface area contributed by atoms with Gasteiger partial charge in [0.05, 0.1) is 11.4 Å². The number of benzene rings is 7. The topological polar surface area (TPSA) is 38.9 Å².